The first kappa shape index (κ1) is 24.6. The molecule has 0 atom stereocenters. The van der Waals surface area contributed by atoms with Crippen LogP contribution >= 0.6 is 23.1 Å². The minimum Gasteiger partial charge on any atom is -0.495 e. The van der Waals surface area contributed by atoms with Gasteiger partial charge in [-0.2, -0.15) is 4.98 Å². The molecule has 36 heavy (non-hydrogen) atoms. The maximum atomic E-state index is 13.3. The second-order valence-corrected chi connectivity index (χ2v) is 13.2. The molecule has 0 unspecified atom stereocenters. The molecule has 5 rings (SSSR count). The van der Waals surface area contributed by atoms with E-state index in [-0.39, 0.29) is 0 Å². The lowest BCUT2D eigenvalue weighted by molar-refractivity contribution is 0.312. The van der Waals surface area contributed by atoms with E-state index in [1.165, 1.54) is 11.1 Å². The van der Waals surface area contributed by atoms with Crippen LogP contribution in [0.1, 0.15) is 11.1 Å². The third-order valence-electron chi connectivity index (χ3n) is 6.12. The highest BCUT2D eigenvalue weighted by molar-refractivity contribution is 9.10. The molecule has 2 aromatic heterocycles. The smallest absolute Gasteiger partial charge is 0.229 e. The maximum absolute atomic E-state index is 13.3. The monoisotopic (exact) mass is 567 g/mol. The summed E-state index contributed by atoms with van der Waals surface area (Å²) in [7, 11) is 1.07. The van der Waals surface area contributed by atoms with Gasteiger partial charge in [0.05, 0.1) is 33.8 Å². The van der Waals surface area contributed by atoms with Crippen molar-refractivity contribution >= 4 is 62.6 Å². The Morgan fingerprint density at radius 1 is 1.06 bits per heavy atom. The molecule has 11 heteroatoms. The highest BCUT2D eigenvalue weighted by Gasteiger charge is 2.23. The molecule has 1 aliphatic rings. The van der Waals surface area contributed by atoms with Crippen LogP contribution in [-0.2, 0) is 17.5 Å². The number of halogens is 1. The molecule has 2 N–H and O–H groups in total. The van der Waals surface area contributed by atoms with Crippen LogP contribution in [0, 0.1) is 0 Å². The van der Waals surface area contributed by atoms with E-state index in [4.69, 9.17) is 9.72 Å². The van der Waals surface area contributed by atoms with Gasteiger partial charge in [0.1, 0.15) is 24.2 Å². The minimum atomic E-state index is -2.71. The van der Waals surface area contributed by atoms with Gasteiger partial charge in [0.15, 0.2) is 0 Å². The number of likely N-dealkylation sites (N-methyl/N-ethyl adjacent to an activating group) is 1. The predicted octanol–water partition coefficient (Wildman–Crippen LogP) is 4.91. The quantitative estimate of drug-likeness (QED) is 0.314. The van der Waals surface area contributed by atoms with Crippen molar-refractivity contribution in [2.24, 2.45) is 0 Å². The van der Waals surface area contributed by atoms with E-state index in [1.54, 1.807) is 39.0 Å². The first-order chi connectivity index (χ1) is 17.2. The van der Waals surface area contributed by atoms with Gasteiger partial charge in [-0.25, -0.2) is 4.98 Å². The molecule has 0 radical (unpaired) electrons. The lowest BCUT2D eigenvalue weighted by Gasteiger charge is -2.26. The van der Waals surface area contributed by atoms with Crippen LogP contribution in [0.5, 0.6) is 5.75 Å². The molecule has 186 valence electrons. The average Bonchev–Trinajstić information content (AvgIpc) is 2.84. The van der Waals surface area contributed by atoms with E-state index < -0.39 is 7.14 Å². The molecule has 4 aromatic rings. The van der Waals surface area contributed by atoms with Crippen LogP contribution in [0.15, 0.2) is 47.3 Å². The molecule has 0 fully saturated rings. The first-order valence-electron chi connectivity index (χ1n) is 11.5. The summed E-state index contributed by atoms with van der Waals surface area (Å²) < 4.78 is 19.6. The Kier molecular flexibility index (Phi) is 6.68. The van der Waals surface area contributed by atoms with Crippen LogP contribution in [0.3, 0.4) is 0 Å². The topological polar surface area (TPSA) is 105 Å². The van der Waals surface area contributed by atoms with Crippen molar-refractivity contribution in [2.45, 2.75) is 13.0 Å². The Hall–Kier alpha value is -3.07. The fourth-order valence-electron chi connectivity index (χ4n) is 4.43. The number of rotatable bonds is 6. The summed E-state index contributed by atoms with van der Waals surface area (Å²) in [5, 5.41) is 7.28. The van der Waals surface area contributed by atoms with Gasteiger partial charge >= 0.3 is 0 Å². The van der Waals surface area contributed by atoms with Gasteiger partial charge in [-0.05, 0) is 78.1 Å². The zero-order valence-electron chi connectivity index (χ0n) is 20.5. The van der Waals surface area contributed by atoms with Gasteiger partial charge in [0.2, 0.25) is 5.95 Å². The van der Waals surface area contributed by atoms with Crippen LogP contribution in [0.2, 0.25) is 0 Å². The van der Waals surface area contributed by atoms with Crippen molar-refractivity contribution in [1.29, 1.82) is 0 Å². The Bertz CT molecular complexity index is 1510. The average molecular weight is 568 g/mol. The van der Waals surface area contributed by atoms with Crippen molar-refractivity contribution in [1.82, 2.24) is 24.8 Å². The van der Waals surface area contributed by atoms with Crippen LogP contribution < -0.4 is 20.7 Å². The van der Waals surface area contributed by atoms with Gasteiger partial charge in [0, 0.05) is 31.7 Å². The number of hydrogen-bond donors (Lipinski definition) is 2. The van der Waals surface area contributed by atoms with Gasteiger partial charge in [-0.3, -0.25) is 9.97 Å². The summed E-state index contributed by atoms with van der Waals surface area (Å²) in [4.78, 5) is 20.3. The SMILES string of the molecule is COc1cc2c(cc1Nc1ncc(Br)c(Nc3ccc4nccnc4c3P(C)(C)=O)n1)CN(C)CC2. The van der Waals surface area contributed by atoms with Gasteiger partial charge in [-0.1, -0.05) is 0 Å². The second-order valence-electron chi connectivity index (χ2n) is 9.19. The normalized spacial score (nSPS) is 13.9. The van der Waals surface area contributed by atoms with Crippen molar-refractivity contribution in [3.8, 4) is 5.75 Å². The van der Waals surface area contributed by atoms with Crippen LogP contribution in [0.4, 0.5) is 23.1 Å². The van der Waals surface area contributed by atoms with E-state index in [9.17, 15) is 4.57 Å². The van der Waals surface area contributed by atoms with E-state index in [0.29, 0.717) is 38.3 Å². The molecule has 0 saturated carbocycles. The largest absolute Gasteiger partial charge is 0.495 e. The lowest BCUT2D eigenvalue weighted by Crippen LogP contribution is -2.26. The van der Waals surface area contributed by atoms with Crippen molar-refractivity contribution in [3.63, 3.8) is 0 Å². The first-order valence-corrected chi connectivity index (χ1v) is 14.9. The number of hydrogen-bond acceptors (Lipinski definition) is 9. The minimum absolute atomic E-state index is 0.404. The second kappa shape index (κ2) is 9.76. The zero-order valence-corrected chi connectivity index (χ0v) is 23.0. The number of nitrogens with one attached hydrogen (secondary N) is 2. The number of aromatic nitrogens is 4. The fraction of sp³-hybridized carbons (Fsp3) is 0.280. The molecule has 2 aromatic carbocycles. The summed E-state index contributed by atoms with van der Waals surface area (Å²) in [6.45, 7) is 5.36. The number of methoxy groups -OCH3 is 1. The molecule has 0 bridgehead atoms. The summed E-state index contributed by atoms with van der Waals surface area (Å²) in [6, 6.07) is 7.90. The molecule has 0 aliphatic carbocycles. The van der Waals surface area contributed by atoms with Crippen LogP contribution in [0.25, 0.3) is 11.0 Å². The Labute approximate surface area is 218 Å². The number of ether oxygens (including phenoxy) is 1. The molecule has 0 saturated heterocycles. The third kappa shape index (κ3) is 4.93. The molecule has 9 nitrogen and oxygen atoms in total. The fourth-order valence-corrected chi connectivity index (χ4v) is 6.11. The highest BCUT2D eigenvalue weighted by atomic mass is 79.9. The van der Waals surface area contributed by atoms with E-state index in [1.807, 2.05) is 12.1 Å². The van der Waals surface area contributed by atoms with E-state index in [0.717, 1.165) is 30.9 Å². The van der Waals surface area contributed by atoms with Crippen LogP contribution in [-0.4, -0.2) is 58.9 Å². The van der Waals surface area contributed by atoms with Gasteiger partial charge < -0.3 is 24.8 Å². The maximum Gasteiger partial charge on any atom is 0.229 e. The Balaban J connectivity index is 1.51. The molecule has 0 amide bonds. The van der Waals surface area contributed by atoms with Gasteiger partial charge in [0.25, 0.3) is 0 Å². The highest BCUT2D eigenvalue weighted by Crippen LogP contribution is 2.41. The Morgan fingerprint density at radius 3 is 2.64 bits per heavy atom. The van der Waals surface area contributed by atoms with Crippen molar-refractivity contribution in [3.05, 3.63) is 58.5 Å². The zero-order chi connectivity index (χ0) is 25.4. The van der Waals surface area contributed by atoms with Gasteiger partial charge in [-0.15, -0.1) is 0 Å². The number of anilines is 4. The van der Waals surface area contributed by atoms with Crippen molar-refractivity contribution in [2.75, 3.05) is 44.7 Å². The van der Waals surface area contributed by atoms with E-state index >= 15 is 0 Å². The Morgan fingerprint density at radius 2 is 1.86 bits per heavy atom. The molecule has 1 aliphatic heterocycles. The number of nitrogens with zero attached hydrogens (tertiary/aromatic N) is 5. The number of benzene rings is 2. The summed E-state index contributed by atoms with van der Waals surface area (Å²) >= 11 is 3.54. The standard InChI is InChI=1S/C25H27BrN7O2P/c1-33-10-7-15-12-21(35-2)20(11-16(15)14-33)31-25-29-13-17(26)24(32-25)30-19-6-5-18-22(28-9-8-27-18)23(19)36(3,4)34/h5-6,8-9,11-13H,7,10,14H2,1-4H3,(H2,29,30,31,32). The summed E-state index contributed by atoms with van der Waals surface area (Å²) in [6.07, 6.45) is 5.90. The summed E-state index contributed by atoms with van der Waals surface area (Å²) in [5.74, 6) is 1.68. The summed E-state index contributed by atoms with van der Waals surface area (Å²) in [5.41, 5.74) is 5.32. The number of fused-ring (bicyclic) bond motifs is 2. The molecular formula is C25H27BrN7O2P. The third-order valence-corrected chi connectivity index (χ3v) is 8.23. The van der Waals surface area contributed by atoms with E-state index in [2.05, 4.69) is 65.6 Å². The molecular weight excluding hydrogens is 541 g/mol. The molecule has 0 spiro atoms. The lowest BCUT2D eigenvalue weighted by atomic mass is 9.99. The van der Waals surface area contributed by atoms with Crippen molar-refractivity contribution < 1.29 is 9.30 Å². The molecule has 3 heterocycles. The predicted molar refractivity (Wildman–Crippen MR) is 148 cm³/mol.